The summed E-state index contributed by atoms with van der Waals surface area (Å²) in [4.78, 5) is 16.4. The molecule has 1 aromatic heterocycles. The lowest BCUT2D eigenvalue weighted by Crippen LogP contribution is -2.26. The fourth-order valence-corrected chi connectivity index (χ4v) is 3.60. The zero-order valence-electron chi connectivity index (χ0n) is 14.0. The highest BCUT2D eigenvalue weighted by Crippen LogP contribution is 2.22. The van der Waals surface area contributed by atoms with E-state index in [2.05, 4.69) is 10.3 Å². The lowest BCUT2D eigenvalue weighted by Gasteiger charge is -2.19. The summed E-state index contributed by atoms with van der Waals surface area (Å²) >= 11 is 0. The van der Waals surface area contributed by atoms with E-state index < -0.39 is 15.9 Å². The van der Waals surface area contributed by atoms with E-state index in [1.165, 1.54) is 23.5 Å². The van der Waals surface area contributed by atoms with Gasteiger partial charge in [-0.1, -0.05) is 30.3 Å². The molecule has 3 aromatic rings. The summed E-state index contributed by atoms with van der Waals surface area (Å²) in [6.07, 6.45) is 1.56. The number of pyridine rings is 1. The summed E-state index contributed by atoms with van der Waals surface area (Å²) < 4.78 is 26.9. The third-order valence-corrected chi connectivity index (χ3v) is 5.56. The van der Waals surface area contributed by atoms with Crippen molar-refractivity contribution in [3.63, 3.8) is 0 Å². The lowest BCUT2D eigenvalue weighted by molar-refractivity contribution is 0.102. The number of nitrogens with zero attached hydrogens (tertiary/aromatic N) is 2. The first-order valence-corrected chi connectivity index (χ1v) is 9.29. The molecule has 26 heavy (non-hydrogen) atoms. The molecule has 0 aliphatic rings. The van der Waals surface area contributed by atoms with Gasteiger partial charge in [0.05, 0.1) is 10.6 Å². The molecule has 0 unspecified atom stereocenters. The molecular formula is C19H17N3O3S. The van der Waals surface area contributed by atoms with Gasteiger partial charge >= 0.3 is 0 Å². The number of anilines is 2. The van der Waals surface area contributed by atoms with Crippen LogP contribution in [0.4, 0.5) is 11.5 Å². The monoisotopic (exact) mass is 367 g/mol. The molecule has 3 rings (SSSR count). The zero-order valence-corrected chi connectivity index (χ0v) is 14.8. The summed E-state index contributed by atoms with van der Waals surface area (Å²) in [6.45, 7) is 0. The average Bonchev–Trinajstić information content (AvgIpc) is 2.69. The van der Waals surface area contributed by atoms with Gasteiger partial charge in [0.1, 0.15) is 5.82 Å². The summed E-state index contributed by atoms with van der Waals surface area (Å²) in [6, 6.07) is 19.8. The van der Waals surface area contributed by atoms with Crippen molar-refractivity contribution >= 4 is 27.4 Å². The predicted octanol–water partition coefficient (Wildman–Crippen LogP) is 3.16. The van der Waals surface area contributed by atoms with Crippen LogP contribution in [0.2, 0.25) is 0 Å². The maximum absolute atomic E-state index is 12.8. The van der Waals surface area contributed by atoms with Crippen molar-refractivity contribution < 1.29 is 13.2 Å². The third-order valence-electron chi connectivity index (χ3n) is 3.78. The second-order valence-electron chi connectivity index (χ2n) is 5.51. The molecule has 2 aromatic carbocycles. The van der Waals surface area contributed by atoms with Gasteiger partial charge in [-0.15, -0.1) is 0 Å². The van der Waals surface area contributed by atoms with E-state index in [0.717, 1.165) is 0 Å². The van der Waals surface area contributed by atoms with Crippen LogP contribution in [0, 0.1) is 0 Å². The number of aromatic nitrogens is 1. The molecule has 0 saturated heterocycles. The molecule has 0 aliphatic carbocycles. The first kappa shape index (κ1) is 17.6. The third kappa shape index (κ3) is 3.73. The molecule has 132 valence electrons. The second kappa shape index (κ2) is 7.37. The molecule has 7 heteroatoms. The minimum atomic E-state index is -3.78. The van der Waals surface area contributed by atoms with Gasteiger partial charge in [0.2, 0.25) is 0 Å². The Morgan fingerprint density at radius 1 is 0.962 bits per heavy atom. The number of para-hydroxylation sites is 1. The van der Waals surface area contributed by atoms with Crippen LogP contribution in [0.1, 0.15) is 10.4 Å². The van der Waals surface area contributed by atoms with Crippen molar-refractivity contribution in [1.29, 1.82) is 0 Å². The Kier molecular flexibility index (Phi) is 4.99. The topological polar surface area (TPSA) is 79.4 Å². The number of hydrogen-bond acceptors (Lipinski definition) is 4. The summed E-state index contributed by atoms with van der Waals surface area (Å²) in [5.74, 6) is -0.0322. The van der Waals surface area contributed by atoms with Crippen molar-refractivity contribution in [2.45, 2.75) is 4.90 Å². The number of carbonyl (C=O) groups excluding carboxylic acids is 1. The minimum Gasteiger partial charge on any atom is -0.307 e. The fraction of sp³-hybridized carbons (Fsp3) is 0.0526. The number of sulfonamides is 1. The summed E-state index contributed by atoms with van der Waals surface area (Å²) in [5.41, 5.74) is 0.772. The van der Waals surface area contributed by atoms with E-state index in [0.29, 0.717) is 11.5 Å². The van der Waals surface area contributed by atoms with Crippen molar-refractivity contribution in [2.75, 3.05) is 16.7 Å². The highest BCUT2D eigenvalue weighted by molar-refractivity contribution is 7.92. The van der Waals surface area contributed by atoms with Crippen LogP contribution in [0.25, 0.3) is 0 Å². The highest BCUT2D eigenvalue weighted by atomic mass is 32.2. The normalized spacial score (nSPS) is 11.0. The molecule has 0 atom stereocenters. The summed E-state index contributed by atoms with van der Waals surface area (Å²) in [7, 11) is -2.31. The van der Waals surface area contributed by atoms with Crippen molar-refractivity contribution in [3.8, 4) is 0 Å². The van der Waals surface area contributed by atoms with Gasteiger partial charge in [0.25, 0.3) is 15.9 Å². The highest BCUT2D eigenvalue weighted by Gasteiger charge is 2.22. The van der Waals surface area contributed by atoms with Gasteiger partial charge in [0.15, 0.2) is 0 Å². The van der Waals surface area contributed by atoms with Gasteiger partial charge in [-0.25, -0.2) is 13.4 Å². The first-order valence-electron chi connectivity index (χ1n) is 7.85. The van der Waals surface area contributed by atoms with Gasteiger partial charge in [-0.3, -0.25) is 9.10 Å². The van der Waals surface area contributed by atoms with Gasteiger partial charge in [-0.2, -0.15) is 0 Å². The number of nitrogens with one attached hydrogen (secondary N) is 1. The smallest absolute Gasteiger partial charge is 0.264 e. The Morgan fingerprint density at radius 2 is 1.69 bits per heavy atom. The Bertz CT molecular complexity index is 1010. The van der Waals surface area contributed by atoms with Gasteiger partial charge in [0, 0.05) is 18.8 Å². The molecule has 0 bridgehead atoms. The molecule has 0 spiro atoms. The maximum atomic E-state index is 12.8. The standard InChI is InChI=1S/C19H17N3O3S/c1-22(16-9-3-2-4-10-16)26(24,25)17-11-7-8-15(14-17)19(23)21-18-12-5-6-13-20-18/h2-14H,1H3,(H,20,21,23). The van der Waals surface area contributed by atoms with E-state index in [1.54, 1.807) is 60.8 Å². The molecule has 1 amide bonds. The summed E-state index contributed by atoms with van der Waals surface area (Å²) in [5, 5.41) is 2.64. The minimum absolute atomic E-state index is 0.0394. The van der Waals surface area contributed by atoms with E-state index in [9.17, 15) is 13.2 Å². The quantitative estimate of drug-likeness (QED) is 0.751. The largest absolute Gasteiger partial charge is 0.307 e. The predicted molar refractivity (Wildman–Crippen MR) is 101 cm³/mol. The van der Waals surface area contributed by atoms with Crippen LogP contribution >= 0.6 is 0 Å². The molecule has 6 nitrogen and oxygen atoms in total. The SMILES string of the molecule is CN(c1ccccc1)S(=O)(=O)c1cccc(C(=O)Nc2ccccn2)c1. The maximum Gasteiger partial charge on any atom is 0.264 e. The van der Waals surface area contributed by atoms with E-state index in [1.807, 2.05) is 6.07 Å². The Balaban J connectivity index is 1.88. The van der Waals surface area contributed by atoms with Crippen LogP contribution in [-0.2, 0) is 10.0 Å². The van der Waals surface area contributed by atoms with Crippen molar-refractivity contribution in [3.05, 3.63) is 84.6 Å². The Labute approximate surface area is 152 Å². The van der Waals surface area contributed by atoms with Crippen LogP contribution in [0.15, 0.2) is 83.9 Å². The molecule has 1 heterocycles. The number of carbonyl (C=O) groups is 1. The number of benzene rings is 2. The zero-order chi connectivity index (χ0) is 18.6. The van der Waals surface area contributed by atoms with Crippen LogP contribution in [0.5, 0.6) is 0 Å². The van der Waals surface area contributed by atoms with E-state index in [4.69, 9.17) is 0 Å². The second-order valence-corrected chi connectivity index (χ2v) is 7.47. The van der Waals surface area contributed by atoms with Gasteiger partial charge < -0.3 is 5.32 Å². The Morgan fingerprint density at radius 3 is 2.38 bits per heavy atom. The number of rotatable bonds is 5. The molecule has 0 radical (unpaired) electrons. The van der Waals surface area contributed by atoms with E-state index in [-0.39, 0.29) is 10.5 Å². The molecular weight excluding hydrogens is 350 g/mol. The van der Waals surface area contributed by atoms with Crippen molar-refractivity contribution in [1.82, 2.24) is 4.98 Å². The molecule has 0 aliphatic heterocycles. The van der Waals surface area contributed by atoms with Crippen LogP contribution in [0.3, 0.4) is 0 Å². The molecule has 1 N–H and O–H groups in total. The van der Waals surface area contributed by atoms with Crippen LogP contribution < -0.4 is 9.62 Å². The number of amides is 1. The number of hydrogen-bond donors (Lipinski definition) is 1. The molecule has 0 fully saturated rings. The fourth-order valence-electron chi connectivity index (χ4n) is 2.36. The van der Waals surface area contributed by atoms with Crippen molar-refractivity contribution in [2.24, 2.45) is 0 Å². The lowest BCUT2D eigenvalue weighted by atomic mass is 10.2. The van der Waals surface area contributed by atoms with Gasteiger partial charge in [-0.05, 0) is 42.5 Å². The van der Waals surface area contributed by atoms with Crippen LogP contribution in [-0.4, -0.2) is 26.4 Å². The van der Waals surface area contributed by atoms with E-state index >= 15 is 0 Å². The average molecular weight is 367 g/mol. The first-order chi connectivity index (χ1) is 12.5. The Hall–Kier alpha value is -3.19. The molecule has 0 saturated carbocycles.